The predicted molar refractivity (Wildman–Crippen MR) is 500 cm³/mol. The molecule has 18 aromatic carbocycles. The second-order valence-corrected chi connectivity index (χ2v) is 36.0. The normalized spacial score (nSPS) is 14.5. The molecule has 23 rings (SSSR count). The third-order valence-corrected chi connectivity index (χ3v) is 27.9. The van der Waals surface area contributed by atoms with Gasteiger partial charge in [0, 0.05) is 54.3 Å². The predicted octanol–water partition coefficient (Wildman–Crippen LogP) is 31.6. The molecule has 2 nitrogen and oxygen atoms in total. The number of aryl methyl sites for hydroxylation is 2. The van der Waals surface area contributed by atoms with Gasteiger partial charge in [-0.05, 0) is 277 Å². The van der Waals surface area contributed by atoms with Gasteiger partial charge in [-0.15, -0.1) is 0 Å². The van der Waals surface area contributed by atoms with Crippen molar-refractivity contribution >= 4 is 71.2 Å². The Balaban J connectivity index is 0.709. The summed E-state index contributed by atoms with van der Waals surface area (Å²) in [5.41, 5.74) is 44.5. The van der Waals surface area contributed by atoms with E-state index >= 15 is 0 Å². The molecule has 562 valence electrons. The van der Waals surface area contributed by atoms with Crippen LogP contribution in [0.4, 0.5) is 17.1 Å². The van der Waals surface area contributed by atoms with E-state index in [0.29, 0.717) is 0 Å². The zero-order valence-corrected chi connectivity index (χ0v) is 68.4. The molecule has 0 amide bonds. The van der Waals surface area contributed by atoms with E-state index < -0.39 is 0 Å². The fraction of sp³-hybridized carbons (Fsp3) is 0.121. The highest BCUT2D eigenvalue weighted by molar-refractivity contribution is 6.25. The standard InChI is InChI=1S/C116H88N2/c1-69-37-53-107(93(57-69)79-43-51-89-87-49-41-77(63-103(87)115(7,8)105(89)65-79)75-39-47-85-83-31-21-23-35-99(83)113(3,4)101(85)61-75)117(108-54-38-70(2)58-94(108)80-44-52-90-88-50-42-78(64-104(88)116(9,10)106(90)66-80)76-40-48-86-84-32-22-24-36-100(84)114(5,6)102(86)62-76)111-67-95-82-30-18-20-34-92(82)112(68-96(95)81-29-17-19-33-91(81)111)118-109-55-45-73(71-25-13-11-14-26-71)59-97(109)98-60-74(46-56-110(98)118)72-27-15-12-16-28-72/h11-68H,1-10H3. The van der Waals surface area contributed by atoms with Crippen LogP contribution in [0.1, 0.15) is 111 Å². The Bertz CT molecular complexity index is 7200. The van der Waals surface area contributed by atoms with Crippen LogP contribution in [0.2, 0.25) is 0 Å². The largest absolute Gasteiger partial charge is 0.309 e. The van der Waals surface area contributed by atoms with Crippen LogP contribution in [-0.2, 0) is 21.7 Å². The van der Waals surface area contributed by atoms with E-state index in [2.05, 4.69) is 431 Å². The lowest BCUT2D eigenvalue weighted by Gasteiger charge is -2.32. The minimum atomic E-state index is -0.310. The molecule has 1 heterocycles. The number of anilines is 3. The molecule has 0 fully saturated rings. The number of nitrogens with zero attached hydrogens (tertiary/aromatic N) is 2. The number of rotatable bonds is 10. The first-order valence-electron chi connectivity index (χ1n) is 42.0. The van der Waals surface area contributed by atoms with Crippen LogP contribution in [-0.4, -0.2) is 4.57 Å². The van der Waals surface area contributed by atoms with Crippen molar-refractivity contribution in [3.63, 3.8) is 0 Å². The van der Waals surface area contributed by atoms with Gasteiger partial charge < -0.3 is 9.47 Å². The van der Waals surface area contributed by atoms with Gasteiger partial charge >= 0.3 is 0 Å². The van der Waals surface area contributed by atoms with E-state index in [4.69, 9.17) is 0 Å². The van der Waals surface area contributed by atoms with Crippen LogP contribution >= 0.6 is 0 Å². The molecule has 0 spiro atoms. The van der Waals surface area contributed by atoms with Gasteiger partial charge in [-0.1, -0.05) is 321 Å². The van der Waals surface area contributed by atoms with Gasteiger partial charge in [-0.3, -0.25) is 0 Å². The average Bonchev–Trinajstić information content (AvgIpc) is 1.12. The quantitative estimate of drug-likeness (QED) is 0.124. The molecule has 0 saturated carbocycles. The molecule has 4 aliphatic rings. The Morgan fingerprint density at radius 2 is 0.492 bits per heavy atom. The molecule has 0 unspecified atom stereocenters. The first-order chi connectivity index (χ1) is 57.3. The Hall–Kier alpha value is -13.7. The summed E-state index contributed by atoms with van der Waals surface area (Å²) in [6.45, 7) is 23.8. The average molecular weight is 1510 g/mol. The second-order valence-electron chi connectivity index (χ2n) is 36.0. The summed E-state index contributed by atoms with van der Waals surface area (Å²) >= 11 is 0. The molecule has 2 heteroatoms. The van der Waals surface area contributed by atoms with Crippen molar-refractivity contribution in [3.05, 3.63) is 407 Å². The summed E-state index contributed by atoms with van der Waals surface area (Å²) in [5, 5.41) is 9.54. The lowest BCUT2D eigenvalue weighted by Crippen LogP contribution is -2.16. The van der Waals surface area contributed by atoms with E-state index in [1.54, 1.807) is 0 Å². The molecule has 0 saturated heterocycles. The lowest BCUT2D eigenvalue weighted by atomic mass is 9.79. The van der Waals surface area contributed by atoms with Gasteiger partial charge in [0.25, 0.3) is 0 Å². The lowest BCUT2D eigenvalue weighted by molar-refractivity contribution is 0.659. The molecular weight excluding hydrogens is 1420 g/mol. The molecule has 0 aliphatic heterocycles. The molecule has 0 atom stereocenters. The Kier molecular flexibility index (Phi) is 15.0. The zero-order valence-electron chi connectivity index (χ0n) is 68.4. The van der Waals surface area contributed by atoms with Crippen LogP contribution in [0, 0.1) is 13.8 Å². The topological polar surface area (TPSA) is 8.17 Å². The number of hydrogen-bond acceptors (Lipinski definition) is 1. The first-order valence-corrected chi connectivity index (χ1v) is 42.0. The first kappa shape index (κ1) is 69.8. The fourth-order valence-corrected chi connectivity index (χ4v) is 21.7. The van der Waals surface area contributed by atoms with E-state index in [1.807, 2.05) is 0 Å². The fourth-order valence-electron chi connectivity index (χ4n) is 21.7. The molecule has 0 radical (unpaired) electrons. The smallest absolute Gasteiger partial charge is 0.0547 e. The minimum absolute atomic E-state index is 0.0937. The van der Waals surface area contributed by atoms with Crippen molar-refractivity contribution in [3.8, 4) is 117 Å². The molecule has 4 aliphatic carbocycles. The van der Waals surface area contributed by atoms with Crippen LogP contribution in [0.25, 0.3) is 171 Å². The van der Waals surface area contributed by atoms with Crippen molar-refractivity contribution in [1.82, 2.24) is 4.57 Å². The van der Waals surface area contributed by atoms with Gasteiger partial charge in [0.15, 0.2) is 0 Å². The summed E-state index contributed by atoms with van der Waals surface area (Å²) in [6.07, 6.45) is 0. The molecule has 0 N–H and O–H groups in total. The van der Waals surface area contributed by atoms with Crippen LogP contribution < -0.4 is 4.90 Å². The highest BCUT2D eigenvalue weighted by atomic mass is 15.1. The summed E-state index contributed by atoms with van der Waals surface area (Å²) < 4.78 is 2.55. The van der Waals surface area contributed by atoms with Gasteiger partial charge in [0.1, 0.15) is 0 Å². The summed E-state index contributed by atoms with van der Waals surface area (Å²) in [5.74, 6) is 0. The number of benzene rings is 18. The third kappa shape index (κ3) is 10.2. The second kappa shape index (κ2) is 25.4. The number of aromatic nitrogens is 1. The maximum atomic E-state index is 2.65. The van der Waals surface area contributed by atoms with E-state index in [0.717, 1.165) is 28.1 Å². The molecule has 1 aromatic heterocycles. The maximum absolute atomic E-state index is 2.65. The van der Waals surface area contributed by atoms with Crippen molar-refractivity contribution in [1.29, 1.82) is 0 Å². The van der Waals surface area contributed by atoms with Crippen LogP contribution in [0.3, 0.4) is 0 Å². The van der Waals surface area contributed by atoms with Crippen molar-refractivity contribution in [2.24, 2.45) is 0 Å². The van der Waals surface area contributed by atoms with Gasteiger partial charge in [-0.25, -0.2) is 0 Å². The molecule has 19 aromatic rings. The molecule has 0 bridgehead atoms. The third-order valence-electron chi connectivity index (χ3n) is 27.9. The zero-order chi connectivity index (χ0) is 79.6. The van der Waals surface area contributed by atoms with Gasteiger partial charge in [0.2, 0.25) is 0 Å². The monoisotopic (exact) mass is 1510 g/mol. The van der Waals surface area contributed by atoms with Gasteiger partial charge in [0.05, 0.1) is 33.8 Å². The highest BCUT2D eigenvalue weighted by Gasteiger charge is 2.41. The Morgan fingerprint density at radius 3 is 0.907 bits per heavy atom. The van der Waals surface area contributed by atoms with E-state index in [-0.39, 0.29) is 21.7 Å². The summed E-state index contributed by atoms with van der Waals surface area (Å²) in [6, 6.07) is 135. The van der Waals surface area contributed by atoms with E-state index in [9.17, 15) is 0 Å². The Labute approximate surface area is 691 Å². The van der Waals surface area contributed by atoms with Crippen LogP contribution in [0.5, 0.6) is 0 Å². The maximum Gasteiger partial charge on any atom is 0.0547 e. The van der Waals surface area contributed by atoms with E-state index in [1.165, 1.54) is 216 Å². The van der Waals surface area contributed by atoms with Crippen molar-refractivity contribution in [2.45, 2.75) is 90.9 Å². The summed E-state index contributed by atoms with van der Waals surface area (Å²) in [4.78, 5) is 2.65. The van der Waals surface area contributed by atoms with Gasteiger partial charge in [-0.2, -0.15) is 0 Å². The number of hydrogen-bond donors (Lipinski definition) is 0. The molecular formula is C116H88N2. The van der Waals surface area contributed by atoms with Crippen molar-refractivity contribution < 1.29 is 0 Å². The number of fused-ring (bicyclic) bond motifs is 20. The summed E-state index contributed by atoms with van der Waals surface area (Å²) in [7, 11) is 0. The van der Waals surface area contributed by atoms with Crippen LogP contribution in [0.15, 0.2) is 352 Å². The Morgan fingerprint density at radius 1 is 0.186 bits per heavy atom. The SMILES string of the molecule is Cc1ccc(N(c2ccc(C)cc2-c2ccc3c(c2)C(C)(C)c2cc(-c4ccc5c(c4)C(C)(C)c4ccccc4-5)ccc2-3)c2cc3c4ccccc4c(-n4c5ccc(-c6ccccc6)cc5c5cc(-c6ccccc6)ccc54)cc3c3ccccc23)c(-c2ccc3c(c2)C(C)(C)c2cc(-c4ccc5c(c4)C(C)(C)c4ccccc4-5)ccc2-3)c1. The minimum Gasteiger partial charge on any atom is -0.309 e. The highest BCUT2D eigenvalue weighted by Crippen LogP contribution is 2.59. The molecule has 118 heavy (non-hydrogen) atoms. The van der Waals surface area contributed by atoms with Crippen molar-refractivity contribution in [2.75, 3.05) is 4.90 Å².